The molecule has 0 bridgehead atoms. The average Bonchev–Trinajstić information content (AvgIpc) is 2.25. The number of hydrogen-bond acceptors (Lipinski definition) is 2. The van der Waals surface area contributed by atoms with E-state index in [0.717, 1.165) is 12.0 Å². The van der Waals surface area contributed by atoms with E-state index in [0.29, 0.717) is 5.02 Å². The second-order valence-electron chi connectivity index (χ2n) is 5.16. The first-order valence-electron chi connectivity index (χ1n) is 6.07. The lowest BCUT2D eigenvalue weighted by atomic mass is 10.1. The van der Waals surface area contributed by atoms with Gasteiger partial charge in [0.2, 0.25) is 0 Å². The molecule has 1 N–H and O–H groups in total. The molecule has 0 aromatic heterocycles. The zero-order valence-electron chi connectivity index (χ0n) is 11.3. The molecule has 18 heavy (non-hydrogen) atoms. The summed E-state index contributed by atoms with van der Waals surface area (Å²) in [5.74, 6) is 0. The van der Waals surface area contributed by atoms with Crippen molar-refractivity contribution < 1.29 is 9.53 Å². The first kappa shape index (κ1) is 14.8. The molecule has 0 saturated heterocycles. The van der Waals surface area contributed by atoms with Crippen LogP contribution in [0.4, 0.5) is 4.79 Å². The summed E-state index contributed by atoms with van der Waals surface area (Å²) in [4.78, 5) is 11.7. The molecule has 1 atom stereocenters. The lowest BCUT2D eigenvalue weighted by Gasteiger charge is -2.23. The average molecular weight is 270 g/mol. The number of ether oxygens (including phenoxy) is 1. The summed E-state index contributed by atoms with van der Waals surface area (Å²) >= 11 is 5.84. The molecule has 0 heterocycles. The number of amides is 1. The fourth-order valence-electron chi connectivity index (χ4n) is 1.57. The van der Waals surface area contributed by atoms with Gasteiger partial charge in [-0.25, -0.2) is 4.79 Å². The van der Waals surface area contributed by atoms with Gasteiger partial charge in [-0.2, -0.15) is 0 Å². The maximum atomic E-state index is 11.7. The second kappa shape index (κ2) is 6.10. The molecular formula is C14H20ClNO2. The summed E-state index contributed by atoms with van der Waals surface area (Å²) in [7, 11) is 0. The standard InChI is InChI=1S/C14H20ClNO2/c1-5-12(10-6-8-11(15)9-7-10)16-13(17)18-14(2,3)4/h6-9,12H,5H2,1-4H3,(H,16,17)/t12-/m0/s1. The lowest BCUT2D eigenvalue weighted by Crippen LogP contribution is -2.34. The van der Waals surface area contributed by atoms with Crippen molar-refractivity contribution in [3.05, 3.63) is 34.9 Å². The summed E-state index contributed by atoms with van der Waals surface area (Å²) in [6.07, 6.45) is 0.394. The van der Waals surface area contributed by atoms with Gasteiger partial charge >= 0.3 is 6.09 Å². The van der Waals surface area contributed by atoms with E-state index in [1.54, 1.807) is 0 Å². The van der Waals surface area contributed by atoms with Gasteiger partial charge in [0.1, 0.15) is 5.60 Å². The maximum absolute atomic E-state index is 11.7. The predicted octanol–water partition coefficient (Wildman–Crippen LogP) is 4.32. The summed E-state index contributed by atoms with van der Waals surface area (Å²) in [5.41, 5.74) is 0.537. The van der Waals surface area contributed by atoms with Gasteiger partial charge in [0.15, 0.2) is 0 Å². The molecule has 100 valence electrons. The Bertz CT molecular complexity index is 395. The third kappa shape index (κ3) is 4.96. The number of alkyl carbamates (subject to hydrolysis) is 1. The summed E-state index contributed by atoms with van der Waals surface area (Å²) < 4.78 is 5.24. The van der Waals surface area contributed by atoms with E-state index >= 15 is 0 Å². The molecule has 0 aliphatic carbocycles. The molecule has 1 aromatic carbocycles. The molecule has 1 rings (SSSR count). The van der Waals surface area contributed by atoms with Gasteiger partial charge in [0.25, 0.3) is 0 Å². The molecule has 4 heteroatoms. The Hall–Kier alpha value is -1.22. The zero-order chi connectivity index (χ0) is 13.8. The number of rotatable bonds is 3. The van der Waals surface area contributed by atoms with Crippen molar-refractivity contribution in [2.75, 3.05) is 0 Å². The molecule has 1 amide bonds. The predicted molar refractivity (Wildman–Crippen MR) is 73.9 cm³/mol. The van der Waals surface area contributed by atoms with Gasteiger partial charge in [0, 0.05) is 5.02 Å². The molecule has 1 aromatic rings. The van der Waals surface area contributed by atoms with Gasteiger partial charge in [-0.1, -0.05) is 30.7 Å². The monoisotopic (exact) mass is 269 g/mol. The third-order valence-electron chi connectivity index (χ3n) is 2.37. The Morgan fingerprint density at radius 1 is 1.33 bits per heavy atom. The highest BCUT2D eigenvalue weighted by atomic mass is 35.5. The Labute approximate surface area is 113 Å². The molecule has 0 spiro atoms. The summed E-state index contributed by atoms with van der Waals surface area (Å²) in [6, 6.07) is 7.39. The maximum Gasteiger partial charge on any atom is 0.408 e. The Kier molecular flexibility index (Phi) is 5.03. The van der Waals surface area contributed by atoms with E-state index in [2.05, 4.69) is 5.32 Å². The van der Waals surface area contributed by atoms with Gasteiger partial charge in [-0.05, 0) is 44.9 Å². The molecule has 0 radical (unpaired) electrons. The van der Waals surface area contributed by atoms with Gasteiger partial charge < -0.3 is 10.1 Å². The van der Waals surface area contributed by atoms with Crippen molar-refractivity contribution in [1.29, 1.82) is 0 Å². The summed E-state index contributed by atoms with van der Waals surface area (Å²) in [5, 5.41) is 3.54. The zero-order valence-corrected chi connectivity index (χ0v) is 12.0. The van der Waals surface area contributed by atoms with Crippen molar-refractivity contribution >= 4 is 17.7 Å². The Morgan fingerprint density at radius 3 is 2.33 bits per heavy atom. The van der Waals surface area contributed by atoms with Crippen molar-refractivity contribution in [2.24, 2.45) is 0 Å². The lowest BCUT2D eigenvalue weighted by molar-refractivity contribution is 0.0502. The Morgan fingerprint density at radius 2 is 1.89 bits per heavy atom. The van der Waals surface area contributed by atoms with Crippen molar-refractivity contribution in [3.63, 3.8) is 0 Å². The highest BCUT2D eigenvalue weighted by Gasteiger charge is 2.19. The normalized spacial score (nSPS) is 12.9. The fraction of sp³-hybridized carbons (Fsp3) is 0.500. The van der Waals surface area contributed by atoms with Crippen LogP contribution in [0.3, 0.4) is 0 Å². The van der Waals surface area contributed by atoms with Crippen molar-refractivity contribution in [3.8, 4) is 0 Å². The number of halogens is 1. The largest absolute Gasteiger partial charge is 0.444 e. The topological polar surface area (TPSA) is 38.3 Å². The van der Waals surface area contributed by atoms with E-state index < -0.39 is 11.7 Å². The number of benzene rings is 1. The SMILES string of the molecule is CC[C@H](NC(=O)OC(C)(C)C)c1ccc(Cl)cc1. The molecule has 0 saturated carbocycles. The molecular weight excluding hydrogens is 250 g/mol. The van der Waals surface area contributed by atoms with Crippen LogP contribution >= 0.6 is 11.6 Å². The van der Waals surface area contributed by atoms with E-state index in [-0.39, 0.29) is 6.04 Å². The van der Waals surface area contributed by atoms with Crippen LogP contribution in [0.15, 0.2) is 24.3 Å². The Balaban J connectivity index is 2.68. The summed E-state index contributed by atoms with van der Waals surface area (Å²) in [6.45, 7) is 7.54. The number of carbonyl (C=O) groups excluding carboxylic acids is 1. The first-order valence-corrected chi connectivity index (χ1v) is 6.44. The van der Waals surface area contributed by atoms with Gasteiger partial charge in [-0.15, -0.1) is 0 Å². The van der Waals surface area contributed by atoms with Crippen LogP contribution in [0.5, 0.6) is 0 Å². The van der Waals surface area contributed by atoms with E-state index in [4.69, 9.17) is 16.3 Å². The van der Waals surface area contributed by atoms with E-state index in [9.17, 15) is 4.79 Å². The van der Waals surface area contributed by atoms with E-state index in [1.807, 2.05) is 52.0 Å². The van der Waals surface area contributed by atoms with Crippen LogP contribution < -0.4 is 5.32 Å². The molecule has 0 aliphatic rings. The minimum Gasteiger partial charge on any atom is -0.444 e. The second-order valence-corrected chi connectivity index (χ2v) is 5.60. The van der Waals surface area contributed by atoms with Crippen LogP contribution in [-0.2, 0) is 4.74 Å². The van der Waals surface area contributed by atoms with Gasteiger partial charge in [-0.3, -0.25) is 0 Å². The highest BCUT2D eigenvalue weighted by Crippen LogP contribution is 2.19. The van der Waals surface area contributed by atoms with Crippen LogP contribution in [0, 0.1) is 0 Å². The van der Waals surface area contributed by atoms with E-state index in [1.165, 1.54) is 0 Å². The molecule has 3 nitrogen and oxygen atoms in total. The third-order valence-corrected chi connectivity index (χ3v) is 2.62. The molecule has 0 aliphatic heterocycles. The number of hydrogen-bond donors (Lipinski definition) is 1. The van der Waals surface area contributed by atoms with Crippen molar-refractivity contribution in [2.45, 2.75) is 45.8 Å². The number of carbonyl (C=O) groups is 1. The smallest absolute Gasteiger partial charge is 0.408 e. The highest BCUT2D eigenvalue weighted by molar-refractivity contribution is 6.30. The van der Waals surface area contributed by atoms with Crippen LogP contribution in [0.1, 0.15) is 45.7 Å². The van der Waals surface area contributed by atoms with Crippen molar-refractivity contribution in [1.82, 2.24) is 5.32 Å². The quantitative estimate of drug-likeness (QED) is 0.888. The number of nitrogens with one attached hydrogen (secondary N) is 1. The molecule has 0 fully saturated rings. The first-order chi connectivity index (χ1) is 8.31. The minimum absolute atomic E-state index is 0.0582. The van der Waals surface area contributed by atoms with Crippen LogP contribution in [0.2, 0.25) is 5.02 Å². The molecule has 0 unspecified atom stereocenters. The minimum atomic E-state index is -0.484. The van der Waals surface area contributed by atoms with Crippen LogP contribution in [-0.4, -0.2) is 11.7 Å². The van der Waals surface area contributed by atoms with Gasteiger partial charge in [0.05, 0.1) is 6.04 Å². The fourth-order valence-corrected chi connectivity index (χ4v) is 1.69. The van der Waals surface area contributed by atoms with Crippen LogP contribution in [0.25, 0.3) is 0 Å².